The predicted octanol–water partition coefficient (Wildman–Crippen LogP) is 5.21. The molecule has 0 aliphatic rings. The molecule has 0 aliphatic heterocycles. The third-order valence-corrected chi connectivity index (χ3v) is 4.80. The number of anilines is 1. The van der Waals surface area contributed by atoms with E-state index in [0.717, 1.165) is 3.57 Å². The lowest BCUT2D eigenvalue weighted by Crippen LogP contribution is -2.34. The lowest BCUT2D eigenvalue weighted by molar-refractivity contribution is 0.0967. The second-order valence-corrected chi connectivity index (χ2v) is 6.52. The highest BCUT2D eigenvalue weighted by atomic mass is 127. The summed E-state index contributed by atoms with van der Waals surface area (Å²) in [6.45, 7) is 0. The van der Waals surface area contributed by atoms with Crippen molar-refractivity contribution in [2.24, 2.45) is 0 Å². The van der Waals surface area contributed by atoms with Crippen molar-refractivity contribution in [3.8, 4) is 0 Å². The molecule has 0 bridgehead atoms. The Hall–Kier alpha value is -1.02. The lowest BCUT2D eigenvalue weighted by Gasteiger charge is -2.09. The fourth-order valence-corrected chi connectivity index (χ4v) is 2.70. The van der Waals surface area contributed by atoms with Crippen molar-refractivity contribution in [1.29, 1.82) is 0 Å². The van der Waals surface area contributed by atoms with Crippen LogP contribution in [0.2, 0.25) is 15.1 Å². The summed E-state index contributed by atoms with van der Waals surface area (Å²) in [5.74, 6) is -0.690. The van der Waals surface area contributed by atoms with E-state index in [1.165, 1.54) is 12.1 Å². The number of halogens is 4. The van der Waals surface area contributed by atoms with Crippen LogP contribution in [-0.2, 0) is 0 Å². The van der Waals surface area contributed by atoms with Gasteiger partial charge in [0, 0.05) is 9.26 Å². The fraction of sp³-hybridized carbons (Fsp3) is 0. The molecule has 0 spiro atoms. The summed E-state index contributed by atoms with van der Waals surface area (Å²) >= 11 is 19.8. The Morgan fingerprint density at radius 3 is 2.18 bits per heavy atom. The number of carbonyl (C=O) groups is 2. The summed E-state index contributed by atoms with van der Waals surface area (Å²) in [5, 5.41) is 5.49. The summed E-state index contributed by atoms with van der Waals surface area (Å²) in [5.41, 5.74) is 0.502. The molecular weight excluding hydrogens is 461 g/mol. The van der Waals surface area contributed by atoms with Crippen molar-refractivity contribution in [1.82, 2.24) is 5.32 Å². The summed E-state index contributed by atoms with van der Waals surface area (Å²) in [6.07, 6.45) is 0. The smallest absolute Gasteiger partial charge is 0.308 e. The van der Waals surface area contributed by atoms with Crippen molar-refractivity contribution in [2.75, 3.05) is 5.32 Å². The number of benzene rings is 2. The third kappa shape index (κ3) is 4.25. The number of urea groups is 1. The normalized spacial score (nSPS) is 10.2. The zero-order chi connectivity index (χ0) is 16.3. The van der Waals surface area contributed by atoms with Crippen LogP contribution < -0.4 is 10.6 Å². The number of imide groups is 1. The van der Waals surface area contributed by atoms with Crippen LogP contribution in [0.5, 0.6) is 0 Å². The van der Waals surface area contributed by atoms with Gasteiger partial charge in [-0.15, -0.1) is 0 Å². The predicted molar refractivity (Wildman–Crippen MR) is 97.1 cm³/mol. The van der Waals surface area contributed by atoms with Crippen LogP contribution in [0.3, 0.4) is 0 Å². The Bertz CT molecular complexity index is 733. The van der Waals surface area contributed by atoms with Gasteiger partial charge in [-0.05, 0) is 52.9 Å². The Balaban J connectivity index is 2.08. The maximum absolute atomic E-state index is 12.0. The highest BCUT2D eigenvalue weighted by Crippen LogP contribution is 2.24. The van der Waals surface area contributed by atoms with Crippen LogP contribution in [0, 0.1) is 3.57 Å². The van der Waals surface area contributed by atoms with E-state index < -0.39 is 11.9 Å². The number of hydrogen-bond donors (Lipinski definition) is 2. The van der Waals surface area contributed by atoms with Crippen molar-refractivity contribution in [3.63, 3.8) is 0 Å². The maximum atomic E-state index is 12.0. The van der Waals surface area contributed by atoms with E-state index in [9.17, 15) is 9.59 Å². The molecule has 0 saturated carbocycles. The molecule has 0 saturated heterocycles. The Labute approximate surface area is 155 Å². The Kier molecular flexibility index (Phi) is 5.91. The molecule has 2 aromatic carbocycles. The standard InChI is InChI=1S/C14H8Cl3IN2O2/c15-8-2-1-3-9(16)12(8)13(21)20-14(22)19-7-4-5-11(18)10(17)6-7/h1-6H,(H2,19,20,21,22). The average molecular weight is 469 g/mol. The molecule has 0 radical (unpaired) electrons. The van der Waals surface area contributed by atoms with Gasteiger partial charge in [0.2, 0.25) is 0 Å². The first-order chi connectivity index (χ1) is 10.4. The number of nitrogens with one attached hydrogen (secondary N) is 2. The van der Waals surface area contributed by atoms with Gasteiger partial charge < -0.3 is 5.32 Å². The molecule has 0 heterocycles. The topological polar surface area (TPSA) is 58.2 Å². The van der Waals surface area contributed by atoms with Gasteiger partial charge in [-0.3, -0.25) is 10.1 Å². The molecule has 114 valence electrons. The molecule has 2 aromatic rings. The molecule has 0 aliphatic carbocycles. The summed E-state index contributed by atoms with van der Waals surface area (Å²) in [6, 6.07) is 8.91. The van der Waals surface area contributed by atoms with Gasteiger partial charge in [-0.25, -0.2) is 4.79 Å². The number of carbonyl (C=O) groups excluding carboxylic acids is 2. The van der Waals surface area contributed by atoms with Crippen LogP contribution in [0.1, 0.15) is 10.4 Å². The van der Waals surface area contributed by atoms with Crippen molar-refractivity contribution >= 4 is 75.0 Å². The van der Waals surface area contributed by atoms with Gasteiger partial charge >= 0.3 is 6.03 Å². The van der Waals surface area contributed by atoms with Crippen LogP contribution >= 0.6 is 57.4 Å². The number of amides is 3. The minimum Gasteiger partial charge on any atom is -0.308 e. The van der Waals surface area contributed by atoms with Gasteiger partial charge in [0.1, 0.15) is 0 Å². The van der Waals surface area contributed by atoms with E-state index in [0.29, 0.717) is 10.7 Å². The molecule has 0 atom stereocenters. The molecule has 0 unspecified atom stereocenters. The van der Waals surface area contributed by atoms with Gasteiger partial charge in [-0.1, -0.05) is 40.9 Å². The van der Waals surface area contributed by atoms with Crippen LogP contribution in [0.4, 0.5) is 10.5 Å². The van der Waals surface area contributed by atoms with Gasteiger partial charge in [0.15, 0.2) is 0 Å². The van der Waals surface area contributed by atoms with Crippen molar-refractivity contribution < 1.29 is 9.59 Å². The zero-order valence-electron chi connectivity index (χ0n) is 10.8. The van der Waals surface area contributed by atoms with Gasteiger partial charge in [-0.2, -0.15) is 0 Å². The first-order valence-electron chi connectivity index (χ1n) is 5.90. The maximum Gasteiger partial charge on any atom is 0.326 e. The largest absolute Gasteiger partial charge is 0.326 e. The lowest BCUT2D eigenvalue weighted by atomic mass is 10.2. The first-order valence-corrected chi connectivity index (χ1v) is 8.11. The molecule has 0 aromatic heterocycles. The highest BCUT2D eigenvalue weighted by Gasteiger charge is 2.17. The highest BCUT2D eigenvalue weighted by molar-refractivity contribution is 14.1. The molecule has 4 nitrogen and oxygen atoms in total. The average Bonchev–Trinajstić information content (AvgIpc) is 2.42. The minimum absolute atomic E-state index is 0.0432. The van der Waals surface area contributed by atoms with Gasteiger partial charge in [0.05, 0.1) is 20.6 Å². The quantitative estimate of drug-likeness (QED) is 0.593. The van der Waals surface area contributed by atoms with Gasteiger partial charge in [0.25, 0.3) is 5.91 Å². The van der Waals surface area contributed by atoms with E-state index in [1.54, 1.807) is 24.3 Å². The van der Waals surface area contributed by atoms with E-state index in [2.05, 4.69) is 33.2 Å². The van der Waals surface area contributed by atoms with E-state index in [1.807, 2.05) is 0 Å². The second kappa shape index (κ2) is 7.50. The summed E-state index contributed by atoms with van der Waals surface area (Å²) < 4.78 is 0.851. The fourth-order valence-electron chi connectivity index (χ4n) is 1.62. The number of rotatable bonds is 2. The van der Waals surface area contributed by atoms with Crippen LogP contribution in [0.15, 0.2) is 36.4 Å². The molecule has 2 rings (SSSR count). The minimum atomic E-state index is -0.710. The molecule has 3 amide bonds. The van der Waals surface area contributed by atoms with Crippen molar-refractivity contribution in [2.45, 2.75) is 0 Å². The Morgan fingerprint density at radius 2 is 1.59 bits per heavy atom. The molecule has 22 heavy (non-hydrogen) atoms. The molecule has 0 fully saturated rings. The van der Waals surface area contributed by atoms with E-state index in [4.69, 9.17) is 34.8 Å². The van der Waals surface area contributed by atoms with Crippen LogP contribution in [0.25, 0.3) is 0 Å². The zero-order valence-corrected chi connectivity index (χ0v) is 15.2. The third-order valence-electron chi connectivity index (χ3n) is 2.59. The van der Waals surface area contributed by atoms with E-state index in [-0.39, 0.29) is 15.6 Å². The van der Waals surface area contributed by atoms with Crippen LogP contribution in [-0.4, -0.2) is 11.9 Å². The SMILES string of the molecule is O=C(NC(=O)c1c(Cl)cccc1Cl)Nc1ccc(I)c(Cl)c1. The molecule has 8 heteroatoms. The number of hydrogen-bond acceptors (Lipinski definition) is 2. The summed E-state index contributed by atoms with van der Waals surface area (Å²) in [4.78, 5) is 23.9. The van der Waals surface area contributed by atoms with Crippen molar-refractivity contribution in [3.05, 3.63) is 60.6 Å². The Morgan fingerprint density at radius 1 is 0.955 bits per heavy atom. The summed E-state index contributed by atoms with van der Waals surface area (Å²) in [7, 11) is 0. The molecule has 2 N–H and O–H groups in total. The second-order valence-electron chi connectivity index (χ2n) is 4.13. The van der Waals surface area contributed by atoms with E-state index >= 15 is 0 Å². The monoisotopic (exact) mass is 468 g/mol. The first kappa shape index (κ1) is 17.3. The molecular formula is C14H8Cl3IN2O2.